The molecule has 0 aliphatic rings. The van der Waals surface area contributed by atoms with E-state index in [0.717, 1.165) is 19.3 Å². The lowest BCUT2D eigenvalue weighted by atomic mass is 9.79. The van der Waals surface area contributed by atoms with Crippen LogP contribution in [0.3, 0.4) is 0 Å². The highest BCUT2D eigenvalue weighted by Crippen LogP contribution is 2.30. The van der Waals surface area contributed by atoms with Crippen LogP contribution in [0.1, 0.15) is 91.4 Å². The van der Waals surface area contributed by atoms with Crippen molar-refractivity contribution >= 4 is 6.29 Å². The summed E-state index contributed by atoms with van der Waals surface area (Å²) >= 11 is 0. The zero-order valence-electron chi connectivity index (χ0n) is 12.3. The smallest absolute Gasteiger partial charge is 0.126 e. The van der Waals surface area contributed by atoms with Crippen molar-refractivity contribution < 1.29 is 4.79 Å². The molecule has 17 heavy (non-hydrogen) atoms. The van der Waals surface area contributed by atoms with Gasteiger partial charge < -0.3 is 4.79 Å². The summed E-state index contributed by atoms with van der Waals surface area (Å²) in [6, 6.07) is 0. The van der Waals surface area contributed by atoms with Crippen molar-refractivity contribution in [1.82, 2.24) is 0 Å². The molecule has 1 nitrogen and oxygen atoms in total. The van der Waals surface area contributed by atoms with Crippen LogP contribution in [0, 0.1) is 5.41 Å². The summed E-state index contributed by atoms with van der Waals surface area (Å²) in [6.45, 7) is 6.54. The van der Waals surface area contributed by atoms with Crippen molar-refractivity contribution in [2.75, 3.05) is 0 Å². The summed E-state index contributed by atoms with van der Waals surface area (Å²) in [5, 5.41) is 0. The molecule has 0 bridgehead atoms. The van der Waals surface area contributed by atoms with E-state index in [4.69, 9.17) is 0 Å². The molecule has 0 aromatic rings. The predicted molar refractivity (Wildman–Crippen MR) is 76.3 cm³/mol. The molecule has 0 rings (SSSR count). The summed E-state index contributed by atoms with van der Waals surface area (Å²) < 4.78 is 0. The summed E-state index contributed by atoms with van der Waals surface area (Å²) in [4.78, 5) is 11.1. The van der Waals surface area contributed by atoms with Gasteiger partial charge in [0.25, 0.3) is 0 Å². The monoisotopic (exact) mass is 240 g/mol. The van der Waals surface area contributed by atoms with E-state index >= 15 is 0 Å². The van der Waals surface area contributed by atoms with Gasteiger partial charge in [-0.1, -0.05) is 72.1 Å². The first-order valence-corrected chi connectivity index (χ1v) is 7.71. The SMILES string of the molecule is CCCCCCCCCCC(C=O)(CC)CC. The van der Waals surface area contributed by atoms with Crippen LogP contribution < -0.4 is 0 Å². The van der Waals surface area contributed by atoms with Crippen molar-refractivity contribution in [2.45, 2.75) is 91.4 Å². The molecular formula is C16H32O. The quantitative estimate of drug-likeness (QED) is 0.324. The standard InChI is InChI=1S/C16H32O/c1-4-7-8-9-10-11-12-13-14-16(5-2,6-3)15-17/h15H,4-14H2,1-3H3. The van der Waals surface area contributed by atoms with Gasteiger partial charge in [0.05, 0.1) is 0 Å². The van der Waals surface area contributed by atoms with E-state index in [2.05, 4.69) is 20.8 Å². The molecule has 0 fully saturated rings. The number of unbranched alkanes of at least 4 members (excludes halogenated alkanes) is 7. The molecule has 0 aromatic carbocycles. The Kier molecular flexibility index (Phi) is 10.6. The lowest BCUT2D eigenvalue weighted by Crippen LogP contribution is -2.20. The molecule has 0 unspecified atom stereocenters. The highest BCUT2D eigenvalue weighted by molar-refractivity contribution is 5.58. The summed E-state index contributed by atoms with van der Waals surface area (Å²) in [5.74, 6) is 0. The molecule has 0 atom stereocenters. The van der Waals surface area contributed by atoms with Gasteiger partial charge in [0, 0.05) is 5.41 Å². The Morgan fingerprint density at radius 1 is 0.765 bits per heavy atom. The van der Waals surface area contributed by atoms with Crippen LogP contribution in [-0.2, 0) is 4.79 Å². The van der Waals surface area contributed by atoms with Gasteiger partial charge in [0.15, 0.2) is 0 Å². The highest BCUT2D eigenvalue weighted by atomic mass is 16.1. The third-order valence-corrected chi connectivity index (χ3v) is 4.19. The molecule has 0 saturated heterocycles. The molecule has 0 spiro atoms. The maximum absolute atomic E-state index is 11.1. The van der Waals surface area contributed by atoms with Gasteiger partial charge >= 0.3 is 0 Å². The number of carbonyl (C=O) groups excluding carboxylic acids is 1. The van der Waals surface area contributed by atoms with Crippen molar-refractivity contribution in [1.29, 1.82) is 0 Å². The molecule has 1 heteroatoms. The first-order chi connectivity index (χ1) is 8.24. The summed E-state index contributed by atoms with van der Waals surface area (Å²) in [7, 11) is 0. The first kappa shape index (κ1) is 16.7. The number of carbonyl (C=O) groups is 1. The molecule has 0 aliphatic heterocycles. The van der Waals surface area contributed by atoms with E-state index in [0.29, 0.717) is 0 Å². The van der Waals surface area contributed by atoms with Gasteiger partial charge in [0.2, 0.25) is 0 Å². The highest BCUT2D eigenvalue weighted by Gasteiger charge is 2.24. The maximum atomic E-state index is 11.1. The van der Waals surface area contributed by atoms with E-state index < -0.39 is 0 Å². The minimum atomic E-state index is -0.0117. The molecule has 0 saturated carbocycles. The molecule has 0 heterocycles. The van der Waals surface area contributed by atoms with E-state index in [9.17, 15) is 4.79 Å². The molecule has 0 radical (unpaired) electrons. The van der Waals surface area contributed by atoms with Gasteiger partial charge in [0.1, 0.15) is 6.29 Å². The molecular weight excluding hydrogens is 208 g/mol. The van der Waals surface area contributed by atoms with Crippen LogP contribution in [0.4, 0.5) is 0 Å². The fourth-order valence-corrected chi connectivity index (χ4v) is 2.44. The maximum Gasteiger partial charge on any atom is 0.126 e. The lowest BCUT2D eigenvalue weighted by Gasteiger charge is -2.24. The minimum absolute atomic E-state index is 0.0117. The van der Waals surface area contributed by atoms with Crippen molar-refractivity contribution in [3.63, 3.8) is 0 Å². The van der Waals surface area contributed by atoms with Crippen LogP contribution >= 0.6 is 0 Å². The van der Waals surface area contributed by atoms with E-state index in [1.807, 2.05) is 0 Å². The predicted octanol–water partition coefficient (Wildman–Crippen LogP) is 5.52. The summed E-state index contributed by atoms with van der Waals surface area (Å²) in [5.41, 5.74) is -0.0117. The second-order valence-corrected chi connectivity index (χ2v) is 5.41. The van der Waals surface area contributed by atoms with E-state index in [1.54, 1.807) is 0 Å². The molecule has 0 N–H and O–H groups in total. The fourth-order valence-electron chi connectivity index (χ4n) is 2.44. The van der Waals surface area contributed by atoms with Crippen LogP contribution in [-0.4, -0.2) is 6.29 Å². The Hall–Kier alpha value is -0.330. The van der Waals surface area contributed by atoms with Gasteiger partial charge in [-0.3, -0.25) is 0 Å². The van der Waals surface area contributed by atoms with Gasteiger partial charge in [-0.05, 0) is 19.3 Å². The van der Waals surface area contributed by atoms with Crippen molar-refractivity contribution in [3.8, 4) is 0 Å². The van der Waals surface area contributed by atoms with Crippen molar-refractivity contribution in [2.24, 2.45) is 5.41 Å². The Bertz CT molecular complexity index is 170. The second-order valence-electron chi connectivity index (χ2n) is 5.41. The normalized spacial score (nSPS) is 11.7. The van der Waals surface area contributed by atoms with Crippen LogP contribution in [0.15, 0.2) is 0 Å². The largest absolute Gasteiger partial charge is 0.303 e. The van der Waals surface area contributed by atoms with Gasteiger partial charge in [-0.25, -0.2) is 0 Å². The van der Waals surface area contributed by atoms with Crippen LogP contribution in [0.25, 0.3) is 0 Å². The van der Waals surface area contributed by atoms with Crippen molar-refractivity contribution in [3.05, 3.63) is 0 Å². The Balaban J connectivity index is 3.46. The number of aldehydes is 1. The Morgan fingerprint density at radius 3 is 1.65 bits per heavy atom. The topological polar surface area (TPSA) is 17.1 Å². The molecule has 102 valence electrons. The Labute approximate surface area is 108 Å². The molecule has 0 aliphatic carbocycles. The lowest BCUT2D eigenvalue weighted by molar-refractivity contribution is -0.117. The van der Waals surface area contributed by atoms with Crippen LogP contribution in [0.2, 0.25) is 0 Å². The average Bonchev–Trinajstić information content (AvgIpc) is 2.38. The third kappa shape index (κ3) is 7.57. The number of hydrogen-bond acceptors (Lipinski definition) is 1. The zero-order valence-corrected chi connectivity index (χ0v) is 12.3. The molecule has 0 aromatic heterocycles. The van der Waals surface area contributed by atoms with Crippen LogP contribution in [0.5, 0.6) is 0 Å². The van der Waals surface area contributed by atoms with E-state index in [1.165, 1.54) is 57.7 Å². The second kappa shape index (κ2) is 10.8. The first-order valence-electron chi connectivity index (χ1n) is 7.71. The Morgan fingerprint density at radius 2 is 1.24 bits per heavy atom. The third-order valence-electron chi connectivity index (χ3n) is 4.19. The zero-order chi connectivity index (χ0) is 13.0. The summed E-state index contributed by atoms with van der Waals surface area (Å²) in [6.07, 6.45) is 15.1. The molecule has 0 amide bonds. The van der Waals surface area contributed by atoms with Gasteiger partial charge in [-0.2, -0.15) is 0 Å². The number of rotatable bonds is 12. The average molecular weight is 240 g/mol. The van der Waals surface area contributed by atoms with Gasteiger partial charge in [-0.15, -0.1) is 0 Å². The minimum Gasteiger partial charge on any atom is -0.303 e. The fraction of sp³-hybridized carbons (Fsp3) is 0.938. The number of hydrogen-bond donors (Lipinski definition) is 0. The van der Waals surface area contributed by atoms with E-state index in [-0.39, 0.29) is 5.41 Å².